The summed E-state index contributed by atoms with van der Waals surface area (Å²) in [4.78, 5) is 12.5. The number of nitrogens with zero attached hydrogens (tertiary/aromatic N) is 2. The van der Waals surface area contributed by atoms with E-state index in [0.29, 0.717) is 0 Å². The quantitative estimate of drug-likeness (QED) is 0.595. The lowest BCUT2D eigenvalue weighted by Gasteiger charge is -2.16. The molecule has 2 N–H and O–H groups in total. The van der Waals surface area contributed by atoms with Gasteiger partial charge in [0.05, 0.1) is 11.8 Å². The summed E-state index contributed by atoms with van der Waals surface area (Å²) < 4.78 is 0. The molecule has 0 aliphatic rings. The predicted molar refractivity (Wildman–Crippen MR) is 94.6 cm³/mol. The molecule has 0 spiro atoms. The van der Waals surface area contributed by atoms with E-state index < -0.39 is 0 Å². The van der Waals surface area contributed by atoms with E-state index in [-0.39, 0.29) is 6.04 Å². The van der Waals surface area contributed by atoms with E-state index in [1.807, 2.05) is 24.3 Å². The number of anilines is 1. The normalized spacial score (nSPS) is 12.6. The molecule has 4 nitrogen and oxygen atoms in total. The number of fused-ring (bicyclic) bond motifs is 3. The SMILES string of the molecule is C[C@H](Cc1ccccc1)Nc1nc2ccccc2c2nc[nH]c12. The second-order valence-corrected chi connectivity index (χ2v) is 5.84. The Balaban J connectivity index is 1.69. The van der Waals surface area contributed by atoms with Crippen LogP contribution in [0.4, 0.5) is 5.82 Å². The van der Waals surface area contributed by atoms with Crippen molar-refractivity contribution < 1.29 is 0 Å². The topological polar surface area (TPSA) is 53.6 Å². The highest BCUT2D eigenvalue weighted by atomic mass is 15.0. The number of para-hydroxylation sites is 1. The molecule has 2 aromatic heterocycles. The second-order valence-electron chi connectivity index (χ2n) is 5.84. The molecule has 1 atom stereocenters. The summed E-state index contributed by atoms with van der Waals surface area (Å²) in [6.45, 7) is 2.17. The van der Waals surface area contributed by atoms with E-state index in [2.05, 4.69) is 52.5 Å². The largest absolute Gasteiger partial charge is 0.365 e. The van der Waals surface area contributed by atoms with Crippen molar-refractivity contribution in [3.05, 3.63) is 66.5 Å². The van der Waals surface area contributed by atoms with Crippen molar-refractivity contribution in [1.29, 1.82) is 0 Å². The molecule has 0 aliphatic carbocycles. The van der Waals surface area contributed by atoms with Gasteiger partial charge in [-0.1, -0.05) is 48.5 Å². The van der Waals surface area contributed by atoms with Crippen molar-refractivity contribution in [2.45, 2.75) is 19.4 Å². The Bertz CT molecular complexity index is 943. The third kappa shape index (κ3) is 2.63. The lowest BCUT2D eigenvalue weighted by molar-refractivity contribution is 0.787. The van der Waals surface area contributed by atoms with Gasteiger partial charge in [0.25, 0.3) is 0 Å². The standard InChI is InChI=1S/C19H18N4/c1-13(11-14-7-3-2-4-8-14)22-19-18-17(20-12-21-18)15-9-5-6-10-16(15)23-19/h2-10,12-13H,11H2,1H3,(H,20,21)(H,22,23)/t13-/m1/s1. The van der Waals surface area contributed by atoms with Gasteiger partial charge in [-0.2, -0.15) is 0 Å². The van der Waals surface area contributed by atoms with Gasteiger partial charge in [-0.3, -0.25) is 0 Å². The zero-order valence-corrected chi connectivity index (χ0v) is 13.0. The Labute approximate surface area is 134 Å². The lowest BCUT2D eigenvalue weighted by atomic mass is 10.1. The van der Waals surface area contributed by atoms with Crippen LogP contribution in [0.5, 0.6) is 0 Å². The zero-order chi connectivity index (χ0) is 15.6. The molecule has 0 saturated heterocycles. The fraction of sp³-hybridized carbons (Fsp3) is 0.158. The summed E-state index contributed by atoms with van der Waals surface area (Å²) in [5.41, 5.74) is 4.20. The fourth-order valence-electron chi connectivity index (χ4n) is 2.98. The van der Waals surface area contributed by atoms with E-state index in [4.69, 9.17) is 4.98 Å². The van der Waals surface area contributed by atoms with Crippen LogP contribution in [0, 0.1) is 0 Å². The molecule has 2 heterocycles. The molecule has 114 valence electrons. The van der Waals surface area contributed by atoms with Crippen LogP contribution in [0.3, 0.4) is 0 Å². The van der Waals surface area contributed by atoms with Crippen LogP contribution in [0.2, 0.25) is 0 Å². The first-order valence-corrected chi connectivity index (χ1v) is 7.83. The number of benzene rings is 2. The van der Waals surface area contributed by atoms with Crippen molar-refractivity contribution in [2.75, 3.05) is 5.32 Å². The smallest absolute Gasteiger partial charge is 0.152 e. The number of rotatable bonds is 4. The minimum absolute atomic E-state index is 0.276. The fourth-order valence-corrected chi connectivity index (χ4v) is 2.98. The van der Waals surface area contributed by atoms with Crippen LogP contribution < -0.4 is 5.32 Å². The van der Waals surface area contributed by atoms with Crippen LogP contribution in [0.15, 0.2) is 60.9 Å². The predicted octanol–water partition coefficient (Wildman–Crippen LogP) is 4.15. The highest BCUT2D eigenvalue weighted by Gasteiger charge is 2.12. The average Bonchev–Trinajstić information content (AvgIpc) is 3.06. The molecule has 23 heavy (non-hydrogen) atoms. The van der Waals surface area contributed by atoms with Gasteiger partial charge in [0, 0.05) is 11.4 Å². The van der Waals surface area contributed by atoms with Crippen molar-refractivity contribution in [2.24, 2.45) is 0 Å². The minimum atomic E-state index is 0.276. The van der Waals surface area contributed by atoms with Crippen LogP contribution in [-0.4, -0.2) is 21.0 Å². The van der Waals surface area contributed by atoms with Crippen LogP contribution in [0.25, 0.3) is 21.9 Å². The third-order valence-corrected chi connectivity index (χ3v) is 4.04. The second kappa shape index (κ2) is 5.72. The molecule has 0 amide bonds. The Hall–Kier alpha value is -2.88. The van der Waals surface area contributed by atoms with Gasteiger partial charge in [-0.05, 0) is 25.0 Å². The average molecular weight is 302 g/mol. The number of imidazole rings is 1. The maximum atomic E-state index is 4.77. The molecule has 0 unspecified atom stereocenters. The summed E-state index contributed by atoms with van der Waals surface area (Å²) in [6.07, 6.45) is 2.68. The molecule has 2 aromatic carbocycles. The van der Waals surface area contributed by atoms with Gasteiger partial charge in [0.15, 0.2) is 5.82 Å². The molecule has 4 rings (SSSR count). The summed E-state index contributed by atoms with van der Waals surface area (Å²) in [5.74, 6) is 0.861. The number of aromatic nitrogens is 3. The molecular weight excluding hydrogens is 284 g/mol. The number of aromatic amines is 1. The van der Waals surface area contributed by atoms with Gasteiger partial charge in [-0.25, -0.2) is 9.97 Å². The van der Waals surface area contributed by atoms with Gasteiger partial charge in [0.1, 0.15) is 11.0 Å². The summed E-state index contributed by atoms with van der Waals surface area (Å²) in [7, 11) is 0. The molecule has 0 bridgehead atoms. The maximum absolute atomic E-state index is 4.77. The molecular formula is C19H18N4. The Morgan fingerprint density at radius 2 is 1.83 bits per heavy atom. The first kappa shape index (κ1) is 13.8. The molecule has 0 aliphatic heterocycles. The molecule has 0 fully saturated rings. The summed E-state index contributed by atoms with van der Waals surface area (Å²) >= 11 is 0. The van der Waals surface area contributed by atoms with Gasteiger partial charge >= 0.3 is 0 Å². The van der Waals surface area contributed by atoms with Crippen molar-refractivity contribution >= 4 is 27.8 Å². The van der Waals surface area contributed by atoms with E-state index in [0.717, 1.165) is 34.2 Å². The Morgan fingerprint density at radius 3 is 2.70 bits per heavy atom. The molecule has 4 heteroatoms. The number of hydrogen-bond acceptors (Lipinski definition) is 3. The van der Waals surface area contributed by atoms with Gasteiger partial charge < -0.3 is 10.3 Å². The third-order valence-electron chi connectivity index (χ3n) is 4.04. The molecule has 4 aromatic rings. The number of pyridine rings is 1. The Kier molecular flexibility index (Phi) is 3.42. The van der Waals surface area contributed by atoms with Crippen molar-refractivity contribution in [1.82, 2.24) is 15.0 Å². The summed E-state index contributed by atoms with van der Waals surface area (Å²) in [6, 6.07) is 18.9. The highest BCUT2D eigenvalue weighted by Crippen LogP contribution is 2.27. The zero-order valence-electron chi connectivity index (χ0n) is 13.0. The number of hydrogen-bond donors (Lipinski definition) is 2. The number of nitrogens with one attached hydrogen (secondary N) is 2. The summed E-state index contributed by atoms with van der Waals surface area (Å²) in [5, 5.41) is 4.60. The van der Waals surface area contributed by atoms with Gasteiger partial charge in [-0.15, -0.1) is 0 Å². The molecule has 0 saturated carbocycles. The van der Waals surface area contributed by atoms with E-state index in [1.54, 1.807) is 6.33 Å². The van der Waals surface area contributed by atoms with Crippen molar-refractivity contribution in [3.8, 4) is 0 Å². The lowest BCUT2D eigenvalue weighted by Crippen LogP contribution is -2.19. The Morgan fingerprint density at radius 1 is 1.04 bits per heavy atom. The first-order chi connectivity index (χ1) is 11.3. The van der Waals surface area contributed by atoms with Crippen LogP contribution in [-0.2, 0) is 6.42 Å². The van der Waals surface area contributed by atoms with Crippen molar-refractivity contribution in [3.63, 3.8) is 0 Å². The molecule has 0 radical (unpaired) electrons. The monoisotopic (exact) mass is 302 g/mol. The van der Waals surface area contributed by atoms with Gasteiger partial charge in [0.2, 0.25) is 0 Å². The first-order valence-electron chi connectivity index (χ1n) is 7.83. The maximum Gasteiger partial charge on any atom is 0.152 e. The minimum Gasteiger partial charge on any atom is -0.365 e. The van der Waals surface area contributed by atoms with E-state index in [9.17, 15) is 0 Å². The highest BCUT2D eigenvalue weighted by molar-refractivity contribution is 6.06. The van der Waals surface area contributed by atoms with Crippen LogP contribution in [0.1, 0.15) is 12.5 Å². The van der Waals surface area contributed by atoms with Crippen LogP contribution >= 0.6 is 0 Å². The number of H-pyrrole nitrogens is 1. The van der Waals surface area contributed by atoms with E-state index >= 15 is 0 Å². The van der Waals surface area contributed by atoms with E-state index in [1.165, 1.54) is 5.56 Å².